The van der Waals surface area contributed by atoms with Gasteiger partial charge in [0.05, 0.1) is 4.88 Å². The first-order valence-corrected chi connectivity index (χ1v) is 5.19. The summed E-state index contributed by atoms with van der Waals surface area (Å²) in [5.41, 5.74) is 0.137. The number of aromatic nitrogens is 3. The maximum absolute atomic E-state index is 12.1. The Labute approximate surface area is 98.1 Å². The van der Waals surface area contributed by atoms with E-state index in [0.717, 1.165) is 11.3 Å². The van der Waals surface area contributed by atoms with Gasteiger partial charge in [0.15, 0.2) is 11.3 Å². The normalized spacial score (nSPS) is 10.5. The fourth-order valence-corrected chi connectivity index (χ4v) is 1.84. The van der Waals surface area contributed by atoms with E-state index in [9.17, 15) is 13.6 Å². The molecule has 0 aliphatic carbocycles. The predicted octanol–water partition coefficient (Wildman–Crippen LogP) is 2.01. The van der Waals surface area contributed by atoms with E-state index in [4.69, 9.17) is 0 Å². The van der Waals surface area contributed by atoms with Gasteiger partial charge in [-0.1, -0.05) is 0 Å². The molecule has 0 aliphatic heterocycles. The van der Waals surface area contributed by atoms with E-state index in [1.165, 1.54) is 18.6 Å². The number of halogens is 2. The number of rotatable bonds is 4. The van der Waals surface area contributed by atoms with Gasteiger partial charge in [0.1, 0.15) is 5.69 Å². The largest absolute Gasteiger partial charge is 0.415 e. The van der Waals surface area contributed by atoms with Crippen LogP contribution in [-0.2, 0) is 0 Å². The van der Waals surface area contributed by atoms with Gasteiger partial charge in [-0.15, -0.1) is 11.3 Å². The number of thiazole rings is 1. The van der Waals surface area contributed by atoms with Crippen LogP contribution in [0, 0.1) is 0 Å². The Bertz CT molecular complexity index is 532. The van der Waals surface area contributed by atoms with Gasteiger partial charge in [-0.3, -0.25) is 4.79 Å². The number of carbonyl (C=O) groups is 1. The highest BCUT2D eigenvalue weighted by atomic mass is 32.1. The van der Waals surface area contributed by atoms with Crippen LogP contribution in [0.1, 0.15) is 9.80 Å². The number of carbonyl (C=O) groups excluding carboxylic acids is 1. The molecule has 0 aliphatic rings. The van der Waals surface area contributed by atoms with E-state index in [1.807, 2.05) is 0 Å². The third-order valence-corrected chi connectivity index (χ3v) is 2.65. The van der Waals surface area contributed by atoms with E-state index in [2.05, 4.69) is 19.7 Å². The molecule has 0 saturated heterocycles. The molecule has 0 aromatic carbocycles. The van der Waals surface area contributed by atoms with Crippen molar-refractivity contribution in [2.24, 2.45) is 0 Å². The zero-order valence-electron chi connectivity index (χ0n) is 8.21. The minimum Gasteiger partial charge on any atom is -0.415 e. The quantitative estimate of drug-likeness (QED) is 0.784. The molecule has 5 nitrogen and oxygen atoms in total. The molecule has 0 bridgehead atoms. The molecule has 0 atom stereocenters. The highest BCUT2D eigenvalue weighted by Crippen LogP contribution is 2.30. The summed E-state index contributed by atoms with van der Waals surface area (Å²) in [4.78, 5) is 22.2. The molecule has 0 radical (unpaired) electrons. The van der Waals surface area contributed by atoms with Crippen LogP contribution in [0.5, 0.6) is 5.88 Å². The molecule has 0 fully saturated rings. The van der Waals surface area contributed by atoms with Crippen molar-refractivity contribution < 1.29 is 18.3 Å². The number of ether oxygens (including phenoxy) is 1. The van der Waals surface area contributed by atoms with Crippen molar-refractivity contribution in [1.82, 2.24) is 15.0 Å². The Balaban J connectivity index is 2.40. The summed E-state index contributed by atoms with van der Waals surface area (Å²) in [6, 6.07) is 0. The Morgan fingerprint density at radius 3 is 2.71 bits per heavy atom. The minimum atomic E-state index is -2.98. The van der Waals surface area contributed by atoms with Crippen LogP contribution >= 0.6 is 11.3 Å². The highest BCUT2D eigenvalue weighted by molar-refractivity contribution is 7.16. The molecule has 0 unspecified atom stereocenters. The van der Waals surface area contributed by atoms with E-state index in [-0.39, 0.29) is 16.6 Å². The molecule has 0 spiro atoms. The second-order valence-corrected chi connectivity index (χ2v) is 3.83. The van der Waals surface area contributed by atoms with Crippen LogP contribution in [-0.4, -0.2) is 27.8 Å². The first kappa shape index (κ1) is 11.5. The number of alkyl halides is 2. The highest BCUT2D eigenvalue weighted by Gasteiger charge is 2.15. The topological polar surface area (TPSA) is 65.0 Å². The van der Waals surface area contributed by atoms with Crippen LogP contribution in [0.2, 0.25) is 0 Å². The number of hydrogen-bond donors (Lipinski definition) is 0. The van der Waals surface area contributed by atoms with Crippen LogP contribution in [0.4, 0.5) is 8.78 Å². The standard InChI is InChI=1S/C9H5F2N3O2S/c10-9(11)16-8-7(12-1-2-13-8)5-3-14-6(4-15)17-5/h1-4,9H. The van der Waals surface area contributed by atoms with Crippen molar-refractivity contribution in [2.75, 3.05) is 0 Å². The van der Waals surface area contributed by atoms with Crippen LogP contribution in [0.3, 0.4) is 0 Å². The minimum absolute atomic E-state index is 0.137. The average molecular weight is 257 g/mol. The lowest BCUT2D eigenvalue weighted by Crippen LogP contribution is -2.05. The lowest BCUT2D eigenvalue weighted by Gasteiger charge is -2.05. The van der Waals surface area contributed by atoms with Crippen molar-refractivity contribution >= 4 is 17.6 Å². The van der Waals surface area contributed by atoms with E-state index in [0.29, 0.717) is 11.2 Å². The summed E-state index contributed by atoms with van der Waals surface area (Å²) < 4.78 is 28.5. The van der Waals surface area contributed by atoms with Gasteiger partial charge in [-0.05, 0) is 0 Å². The molecule has 0 saturated carbocycles. The molecule has 0 amide bonds. The second-order valence-electron chi connectivity index (χ2n) is 2.77. The van der Waals surface area contributed by atoms with Crippen LogP contribution in [0.25, 0.3) is 10.6 Å². The number of nitrogens with zero attached hydrogens (tertiary/aromatic N) is 3. The zero-order chi connectivity index (χ0) is 12.3. The molecular weight excluding hydrogens is 252 g/mol. The maximum Gasteiger partial charge on any atom is 0.388 e. The number of hydrogen-bond acceptors (Lipinski definition) is 6. The van der Waals surface area contributed by atoms with Gasteiger partial charge >= 0.3 is 6.61 Å². The molecule has 2 rings (SSSR count). The van der Waals surface area contributed by atoms with Gasteiger partial charge in [-0.25, -0.2) is 15.0 Å². The van der Waals surface area contributed by atoms with Crippen LogP contribution < -0.4 is 4.74 Å². The summed E-state index contributed by atoms with van der Waals surface area (Å²) >= 11 is 1.02. The summed E-state index contributed by atoms with van der Waals surface area (Å²) in [7, 11) is 0. The van der Waals surface area contributed by atoms with Gasteiger partial charge in [0.25, 0.3) is 0 Å². The van der Waals surface area contributed by atoms with Gasteiger partial charge < -0.3 is 4.74 Å². The van der Waals surface area contributed by atoms with Crippen molar-refractivity contribution in [2.45, 2.75) is 6.61 Å². The fourth-order valence-electron chi connectivity index (χ4n) is 1.12. The molecule has 88 valence electrons. The molecule has 17 heavy (non-hydrogen) atoms. The van der Waals surface area contributed by atoms with E-state index in [1.54, 1.807) is 0 Å². The zero-order valence-corrected chi connectivity index (χ0v) is 9.03. The Morgan fingerprint density at radius 1 is 1.29 bits per heavy atom. The second kappa shape index (κ2) is 4.91. The van der Waals surface area contributed by atoms with E-state index < -0.39 is 6.61 Å². The molecular formula is C9H5F2N3O2S. The first-order chi connectivity index (χ1) is 8.20. The Hall–Kier alpha value is -1.96. The number of aldehydes is 1. The SMILES string of the molecule is O=Cc1ncc(-c2nccnc2OC(F)F)s1. The third kappa shape index (κ3) is 2.59. The summed E-state index contributed by atoms with van der Waals surface area (Å²) in [5, 5.41) is 0.230. The fraction of sp³-hybridized carbons (Fsp3) is 0.111. The monoisotopic (exact) mass is 257 g/mol. The van der Waals surface area contributed by atoms with Crippen molar-refractivity contribution in [3.8, 4) is 16.5 Å². The average Bonchev–Trinajstić information content (AvgIpc) is 2.77. The Morgan fingerprint density at radius 2 is 2.06 bits per heavy atom. The van der Waals surface area contributed by atoms with E-state index >= 15 is 0 Å². The molecule has 2 aromatic rings. The van der Waals surface area contributed by atoms with Crippen molar-refractivity contribution in [3.05, 3.63) is 23.6 Å². The van der Waals surface area contributed by atoms with Crippen molar-refractivity contribution in [3.63, 3.8) is 0 Å². The molecule has 8 heteroatoms. The molecule has 0 N–H and O–H groups in total. The van der Waals surface area contributed by atoms with Gasteiger partial charge in [0, 0.05) is 18.6 Å². The summed E-state index contributed by atoms with van der Waals surface area (Å²) in [6.07, 6.45) is 4.51. The smallest absolute Gasteiger partial charge is 0.388 e. The van der Waals surface area contributed by atoms with Crippen LogP contribution in [0.15, 0.2) is 18.6 Å². The van der Waals surface area contributed by atoms with Gasteiger partial charge in [-0.2, -0.15) is 8.78 Å². The molecule has 2 aromatic heterocycles. The Kier molecular flexibility index (Phi) is 3.33. The lowest BCUT2D eigenvalue weighted by molar-refractivity contribution is -0.0526. The first-order valence-electron chi connectivity index (χ1n) is 4.38. The summed E-state index contributed by atoms with van der Waals surface area (Å²) in [5.74, 6) is -0.288. The summed E-state index contributed by atoms with van der Waals surface area (Å²) in [6.45, 7) is -2.98. The van der Waals surface area contributed by atoms with Crippen molar-refractivity contribution in [1.29, 1.82) is 0 Å². The van der Waals surface area contributed by atoms with Gasteiger partial charge in [0.2, 0.25) is 5.88 Å². The predicted molar refractivity (Wildman–Crippen MR) is 55.2 cm³/mol. The third-order valence-electron chi connectivity index (χ3n) is 1.72. The lowest BCUT2D eigenvalue weighted by atomic mass is 10.4. The molecule has 2 heterocycles. The maximum atomic E-state index is 12.1.